The first-order valence-corrected chi connectivity index (χ1v) is 7.08. The Morgan fingerprint density at radius 1 is 1.32 bits per heavy atom. The molecule has 0 radical (unpaired) electrons. The van der Waals surface area contributed by atoms with Gasteiger partial charge in [-0.25, -0.2) is 0 Å². The lowest BCUT2D eigenvalue weighted by Gasteiger charge is -2.35. The molecular weight excluding hydrogens is 240 g/mol. The first-order valence-electron chi connectivity index (χ1n) is 7.08. The molecule has 106 valence electrons. The zero-order valence-corrected chi connectivity index (χ0v) is 11.9. The number of nitrogens with one attached hydrogen (secondary N) is 1. The summed E-state index contributed by atoms with van der Waals surface area (Å²) >= 11 is 0. The van der Waals surface area contributed by atoms with Crippen LogP contribution in [0.3, 0.4) is 0 Å². The SMILES string of the molecule is Cc1ncc(CO)c(CNC2(C)CCCCC2)c1O. The van der Waals surface area contributed by atoms with Crippen LogP contribution >= 0.6 is 0 Å². The van der Waals surface area contributed by atoms with E-state index in [0.717, 1.165) is 5.56 Å². The highest BCUT2D eigenvalue weighted by Crippen LogP contribution is 2.29. The summed E-state index contributed by atoms with van der Waals surface area (Å²) in [6.07, 6.45) is 7.84. The van der Waals surface area contributed by atoms with Gasteiger partial charge in [0.25, 0.3) is 0 Å². The van der Waals surface area contributed by atoms with Crippen LogP contribution in [0.5, 0.6) is 5.75 Å². The molecule has 0 unspecified atom stereocenters. The van der Waals surface area contributed by atoms with Gasteiger partial charge in [-0.3, -0.25) is 4.98 Å². The lowest BCUT2D eigenvalue weighted by Crippen LogP contribution is -2.43. The van der Waals surface area contributed by atoms with Gasteiger partial charge >= 0.3 is 0 Å². The molecule has 4 heteroatoms. The molecule has 3 N–H and O–H groups in total. The lowest BCUT2D eigenvalue weighted by molar-refractivity contribution is 0.248. The van der Waals surface area contributed by atoms with E-state index in [2.05, 4.69) is 17.2 Å². The third kappa shape index (κ3) is 3.25. The van der Waals surface area contributed by atoms with Gasteiger partial charge in [-0.1, -0.05) is 19.3 Å². The molecule has 1 aromatic rings. The largest absolute Gasteiger partial charge is 0.506 e. The summed E-state index contributed by atoms with van der Waals surface area (Å²) in [7, 11) is 0. The van der Waals surface area contributed by atoms with Gasteiger partial charge in [0.2, 0.25) is 0 Å². The van der Waals surface area contributed by atoms with Crippen molar-refractivity contribution in [2.24, 2.45) is 0 Å². The molecule has 0 aromatic carbocycles. The summed E-state index contributed by atoms with van der Waals surface area (Å²) in [5.41, 5.74) is 2.24. The zero-order valence-electron chi connectivity index (χ0n) is 11.9. The number of pyridine rings is 1. The molecule has 0 amide bonds. The molecule has 1 aromatic heterocycles. The van der Waals surface area contributed by atoms with Crippen LogP contribution in [0, 0.1) is 6.92 Å². The summed E-state index contributed by atoms with van der Waals surface area (Å²) in [5, 5.41) is 23.0. The molecule has 1 heterocycles. The van der Waals surface area contributed by atoms with E-state index in [1.165, 1.54) is 32.1 Å². The maximum Gasteiger partial charge on any atom is 0.141 e. The molecular formula is C15H24N2O2. The Labute approximate surface area is 114 Å². The smallest absolute Gasteiger partial charge is 0.141 e. The van der Waals surface area contributed by atoms with Crippen LogP contribution in [0.1, 0.15) is 55.8 Å². The van der Waals surface area contributed by atoms with Crippen molar-refractivity contribution in [1.29, 1.82) is 0 Å². The third-order valence-corrected chi connectivity index (χ3v) is 4.25. The Kier molecular flexibility index (Phi) is 4.42. The summed E-state index contributed by atoms with van der Waals surface area (Å²) in [6, 6.07) is 0. The first-order chi connectivity index (χ1) is 9.06. The highest BCUT2D eigenvalue weighted by molar-refractivity contribution is 5.40. The van der Waals surface area contributed by atoms with Crippen molar-refractivity contribution in [3.8, 4) is 5.75 Å². The van der Waals surface area contributed by atoms with E-state index in [1.54, 1.807) is 13.1 Å². The van der Waals surface area contributed by atoms with Gasteiger partial charge in [0.1, 0.15) is 5.75 Å². The van der Waals surface area contributed by atoms with Crippen LogP contribution in [0.25, 0.3) is 0 Å². The number of aryl methyl sites for hydroxylation is 1. The van der Waals surface area contributed by atoms with Crippen molar-refractivity contribution in [2.75, 3.05) is 0 Å². The molecule has 1 saturated carbocycles. The Balaban J connectivity index is 2.12. The second kappa shape index (κ2) is 5.88. The zero-order chi connectivity index (χ0) is 13.9. The molecule has 4 nitrogen and oxygen atoms in total. The second-order valence-corrected chi connectivity index (χ2v) is 5.83. The number of aromatic hydroxyl groups is 1. The van der Waals surface area contributed by atoms with Crippen molar-refractivity contribution in [3.05, 3.63) is 23.0 Å². The van der Waals surface area contributed by atoms with Crippen LogP contribution in [0.4, 0.5) is 0 Å². The molecule has 0 aliphatic heterocycles. The molecule has 0 bridgehead atoms. The number of nitrogens with zero attached hydrogens (tertiary/aromatic N) is 1. The Morgan fingerprint density at radius 2 is 2.00 bits per heavy atom. The summed E-state index contributed by atoms with van der Waals surface area (Å²) in [6.45, 7) is 4.52. The lowest BCUT2D eigenvalue weighted by atomic mass is 9.83. The van der Waals surface area contributed by atoms with Crippen molar-refractivity contribution < 1.29 is 10.2 Å². The maximum absolute atomic E-state index is 10.1. The number of rotatable bonds is 4. The molecule has 0 spiro atoms. The van der Waals surface area contributed by atoms with E-state index >= 15 is 0 Å². The van der Waals surface area contributed by atoms with Crippen molar-refractivity contribution in [1.82, 2.24) is 10.3 Å². The van der Waals surface area contributed by atoms with Crippen LogP contribution in [-0.4, -0.2) is 20.7 Å². The fourth-order valence-corrected chi connectivity index (χ4v) is 2.83. The van der Waals surface area contributed by atoms with Crippen LogP contribution in [-0.2, 0) is 13.2 Å². The molecule has 1 fully saturated rings. The minimum absolute atomic E-state index is 0.0887. The highest BCUT2D eigenvalue weighted by atomic mass is 16.3. The van der Waals surface area contributed by atoms with E-state index in [4.69, 9.17) is 0 Å². The maximum atomic E-state index is 10.1. The van der Waals surface area contributed by atoms with Gasteiger partial charge in [-0.15, -0.1) is 0 Å². The van der Waals surface area contributed by atoms with E-state index in [0.29, 0.717) is 17.8 Å². The Hall–Kier alpha value is -1.13. The minimum atomic E-state index is -0.0887. The van der Waals surface area contributed by atoms with E-state index in [9.17, 15) is 10.2 Å². The van der Waals surface area contributed by atoms with Gasteiger partial charge in [0.15, 0.2) is 0 Å². The van der Waals surface area contributed by atoms with E-state index < -0.39 is 0 Å². The average Bonchev–Trinajstić information content (AvgIpc) is 2.41. The molecule has 19 heavy (non-hydrogen) atoms. The topological polar surface area (TPSA) is 65.4 Å². The van der Waals surface area contributed by atoms with E-state index in [-0.39, 0.29) is 17.9 Å². The van der Waals surface area contributed by atoms with Gasteiger partial charge < -0.3 is 15.5 Å². The van der Waals surface area contributed by atoms with Crippen LogP contribution in [0.2, 0.25) is 0 Å². The predicted octanol–water partition coefficient (Wildman–Crippen LogP) is 2.40. The predicted molar refractivity (Wildman–Crippen MR) is 74.9 cm³/mol. The molecule has 0 saturated heterocycles. The first kappa shape index (κ1) is 14.3. The van der Waals surface area contributed by atoms with Gasteiger partial charge in [-0.2, -0.15) is 0 Å². The highest BCUT2D eigenvalue weighted by Gasteiger charge is 2.26. The molecule has 1 aliphatic carbocycles. The van der Waals surface area contributed by atoms with Gasteiger partial charge in [-0.05, 0) is 26.7 Å². The van der Waals surface area contributed by atoms with Crippen molar-refractivity contribution >= 4 is 0 Å². The number of aromatic nitrogens is 1. The molecule has 1 aliphatic rings. The fourth-order valence-electron chi connectivity index (χ4n) is 2.83. The monoisotopic (exact) mass is 264 g/mol. The summed E-state index contributed by atoms with van der Waals surface area (Å²) < 4.78 is 0. The minimum Gasteiger partial charge on any atom is -0.506 e. The third-order valence-electron chi connectivity index (χ3n) is 4.25. The molecule has 2 rings (SSSR count). The normalized spacial score (nSPS) is 18.5. The summed E-state index contributed by atoms with van der Waals surface area (Å²) in [5.74, 6) is 0.207. The number of hydrogen-bond donors (Lipinski definition) is 3. The van der Waals surface area contributed by atoms with Crippen LogP contribution < -0.4 is 5.32 Å². The number of hydrogen-bond acceptors (Lipinski definition) is 4. The van der Waals surface area contributed by atoms with E-state index in [1.807, 2.05) is 0 Å². The van der Waals surface area contributed by atoms with Gasteiger partial charge in [0, 0.05) is 29.4 Å². The summed E-state index contributed by atoms with van der Waals surface area (Å²) in [4.78, 5) is 4.08. The number of aliphatic hydroxyl groups is 1. The second-order valence-electron chi connectivity index (χ2n) is 5.83. The average molecular weight is 264 g/mol. The van der Waals surface area contributed by atoms with Crippen molar-refractivity contribution in [3.63, 3.8) is 0 Å². The van der Waals surface area contributed by atoms with Gasteiger partial charge in [0.05, 0.1) is 12.3 Å². The Bertz CT molecular complexity index is 440. The van der Waals surface area contributed by atoms with Crippen LogP contribution in [0.15, 0.2) is 6.20 Å². The quantitative estimate of drug-likeness (QED) is 0.781. The standard InChI is InChI=1S/C15H24N2O2/c1-11-14(19)13(12(10-18)8-16-11)9-17-15(2)6-4-3-5-7-15/h8,17-19H,3-7,9-10H2,1-2H3. The number of aliphatic hydroxyl groups excluding tert-OH is 1. The fraction of sp³-hybridized carbons (Fsp3) is 0.667. The Morgan fingerprint density at radius 3 is 2.63 bits per heavy atom. The molecule has 0 atom stereocenters. The van der Waals surface area contributed by atoms with Crippen molar-refractivity contribution in [2.45, 2.75) is 64.6 Å².